The van der Waals surface area contributed by atoms with Gasteiger partial charge in [0.25, 0.3) is 0 Å². The Morgan fingerprint density at radius 1 is 0.276 bits per heavy atom. The molecule has 0 spiro atoms. The monoisotopic (exact) mass is 1540 g/mol. The molecule has 0 saturated carbocycles. The van der Waals surface area contributed by atoms with Crippen LogP contribution in [0.1, 0.15) is 453 Å². The minimum Gasteiger partial charge on any atom is -0.462 e. The summed E-state index contributed by atoms with van der Waals surface area (Å²) in [6.45, 7) is 12.1. The number of rotatable bonds is 84. The highest BCUT2D eigenvalue weighted by molar-refractivity contribution is 7.47. The predicted octanol–water partition coefficient (Wildman–Crippen LogP) is 26.1. The molecule has 0 aliphatic heterocycles. The highest BCUT2D eigenvalue weighted by Crippen LogP contribution is 2.45. The van der Waals surface area contributed by atoms with E-state index in [0.717, 1.165) is 108 Å². The second-order valence-corrected chi connectivity index (χ2v) is 34.8. The van der Waals surface area contributed by atoms with Crippen LogP contribution < -0.4 is 0 Å². The standard InChI is InChI=1S/C86H168O17P2/c1-8-11-12-13-14-15-16-17-22-28-34-39-48-55-62-69-86(91)103-82(74-97-84(89)68-61-54-47-42-41-45-52-59-66-79(7)10-3)76-101-105(94,95)99-72-80(87)71-98-104(92,93)100-75-81(73-96-83(88)67-60-53-46-38-33-30-25-26-31-36-43-50-57-64-77(4)5)102-85(90)70-63-56-49-40-35-29-24-21-19-18-20-23-27-32-37-44-51-58-65-78(6)9-2/h77-82,87H,8-76H2,1-7H3,(H,92,93)(H,94,95)/t78?,79?,80-,81-,82-/m1/s1. The predicted molar refractivity (Wildman–Crippen MR) is 432 cm³/mol. The van der Waals surface area contributed by atoms with E-state index in [1.165, 1.54) is 263 Å². The first-order chi connectivity index (χ1) is 50.8. The molecule has 3 N–H and O–H groups in total. The fourth-order valence-corrected chi connectivity index (χ4v) is 14.9. The summed E-state index contributed by atoms with van der Waals surface area (Å²) >= 11 is 0. The van der Waals surface area contributed by atoms with E-state index in [0.29, 0.717) is 25.7 Å². The largest absolute Gasteiger partial charge is 0.472 e. The van der Waals surface area contributed by atoms with Crippen LogP contribution in [0.15, 0.2) is 0 Å². The van der Waals surface area contributed by atoms with Gasteiger partial charge in [-0.25, -0.2) is 9.13 Å². The fraction of sp³-hybridized carbons (Fsp3) is 0.953. The molecular weight excluding hydrogens is 1370 g/mol. The third-order valence-electron chi connectivity index (χ3n) is 20.9. The SMILES string of the molecule is CCCCCCCCCCCCCCCCCC(=O)O[C@H](COC(=O)CCCCCCCCCCC(C)CC)COP(=O)(O)OC[C@H](O)COP(=O)(O)OC[C@@H](COC(=O)CCCCCCCCCCCCCCCC(C)C)OC(=O)CCCCCCCCCCCCCCCCCCCCC(C)CC. The Hall–Kier alpha value is -1.94. The average molecular weight is 1540 g/mol. The van der Waals surface area contributed by atoms with E-state index >= 15 is 0 Å². The van der Waals surface area contributed by atoms with Crippen LogP contribution in [0.5, 0.6) is 0 Å². The van der Waals surface area contributed by atoms with Crippen molar-refractivity contribution in [3.63, 3.8) is 0 Å². The molecule has 7 atom stereocenters. The molecule has 0 aliphatic carbocycles. The van der Waals surface area contributed by atoms with Gasteiger partial charge >= 0.3 is 39.5 Å². The lowest BCUT2D eigenvalue weighted by Gasteiger charge is -2.21. The number of phosphoric acid groups is 2. The molecule has 0 bridgehead atoms. The molecule has 4 unspecified atom stereocenters. The molecule has 19 heteroatoms. The first-order valence-electron chi connectivity index (χ1n) is 44.4. The first kappa shape index (κ1) is 103. The zero-order valence-electron chi connectivity index (χ0n) is 69.2. The fourth-order valence-electron chi connectivity index (χ4n) is 13.3. The number of unbranched alkanes of at least 4 members (excludes halogenated alkanes) is 50. The molecule has 0 saturated heterocycles. The number of ether oxygens (including phenoxy) is 4. The van der Waals surface area contributed by atoms with Gasteiger partial charge in [0.05, 0.1) is 26.4 Å². The molecule has 17 nitrogen and oxygen atoms in total. The molecule has 0 aromatic heterocycles. The van der Waals surface area contributed by atoms with E-state index in [-0.39, 0.29) is 25.7 Å². The van der Waals surface area contributed by atoms with Crippen molar-refractivity contribution in [2.45, 2.75) is 471 Å². The minimum atomic E-state index is -4.97. The van der Waals surface area contributed by atoms with Gasteiger partial charge in [-0.2, -0.15) is 0 Å². The lowest BCUT2D eigenvalue weighted by molar-refractivity contribution is -0.161. The van der Waals surface area contributed by atoms with Gasteiger partial charge in [-0.1, -0.05) is 402 Å². The quantitative estimate of drug-likeness (QED) is 0.0222. The summed E-state index contributed by atoms with van der Waals surface area (Å²) in [5.74, 6) is 0.336. The highest BCUT2D eigenvalue weighted by Gasteiger charge is 2.30. The third kappa shape index (κ3) is 77.2. The van der Waals surface area contributed by atoms with Gasteiger partial charge in [-0.15, -0.1) is 0 Å². The van der Waals surface area contributed by atoms with Gasteiger partial charge < -0.3 is 33.8 Å². The molecular formula is C86H168O17P2. The summed E-state index contributed by atoms with van der Waals surface area (Å²) < 4.78 is 68.9. The first-order valence-corrected chi connectivity index (χ1v) is 47.4. The van der Waals surface area contributed by atoms with E-state index in [9.17, 15) is 43.2 Å². The maximum atomic E-state index is 13.1. The molecule has 0 amide bonds. The summed E-state index contributed by atoms with van der Waals surface area (Å²) in [5, 5.41) is 10.7. The number of esters is 4. The Morgan fingerprint density at radius 3 is 0.724 bits per heavy atom. The molecule has 0 heterocycles. The number of carbonyl (C=O) groups is 4. The Kier molecular flexibility index (Phi) is 74.7. The van der Waals surface area contributed by atoms with Crippen LogP contribution in [0.4, 0.5) is 0 Å². The second kappa shape index (κ2) is 76.1. The minimum absolute atomic E-state index is 0.108. The van der Waals surface area contributed by atoms with Gasteiger partial charge in [0.1, 0.15) is 19.3 Å². The Labute approximate surface area is 645 Å². The highest BCUT2D eigenvalue weighted by atomic mass is 31.2. The number of carbonyl (C=O) groups excluding carboxylic acids is 4. The number of phosphoric ester groups is 2. The van der Waals surface area contributed by atoms with Crippen LogP contribution in [0, 0.1) is 17.8 Å². The lowest BCUT2D eigenvalue weighted by Crippen LogP contribution is -2.30. The molecule has 0 fully saturated rings. The van der Waals surface area contributed by atoms with Crippen molar-refractivity contribution in [3.05, 3.63) is 0 Å². The third-order valence-corrected chi connectivity index (χ3v) is 22.8. The van der Waals surface area contributed by atoms with Crippen LogP contribution >= 0.6 is 15.6 Å². The molecule has 0 aromatic rings. The zero-order chi connectivity index (χ0) is 77.2. The van der Waals surface area contributed by atoms with Crippen molar-refractivity contribution in [1.82, 2.24) is 0 Å². The van der Waals surface area contributed by atoms with E-state index in [4.69, 9.17) is 37.0 Å². The Balaban J connectivity index is 5.25. The lowest BCUT2D eigenvalue weighted by atomic mass is 9.99. The average Bonchev–Trinajstić information content (AvgIpc) is 0.906. The van der Waals surface area contributed by atoms with Gasteiger partial charge in [-0.05, 0) is 43.4 Å². The van der Waals surface area contributed by atoms with E-state index in [2.05, 4.69) is 48.5 Å². The second-order valence-electron chi connectivity index (χ2n) is 31.9. The smallest absolute Gasteiger partial charge is 0.462 e. The Bertz CT molecular complexity index is 2030. The van der Waals surface area contributed by atoms with Crippen LogP contribution in [0.25, 0.3) is 0 Å². The summed E-state index contributed by atoms with van der Waals surface area (Å²) in [4.78, 5) is 73.2. The molecule has 0 radical (unpaired) electrons. The van der Waals surface area contributed by atoms with Crippen molar-refractivity contribution in [1.29, 1.82) is 0 Å². The van der Waals surface area contributed by atoms with Crippen molar-refractivity contribution in [2.24, 2.45) is 17.8 Å². The summed E-state index contributed by atoms with van der Waals surface area (Å²) in [6.07, 6.45) is 66.5. The maximum Gasteiger partial charge on any atom is 0.472 e. The van der Waals surface area contributed by atoms with E-state index in [1.54, 1.807) is 0 Å². The molecule has 0 aromatic carbocycles. The molecule has 105 heavy (non-hydrogen) atoms. The Morgan fingerprint density at radius 2 is 0.486 bits per heavy atom. The van der Waals surface area contributed by atoms with E-state index in [1.807, 2.05) is 0 Å². The number of aliphatic hydroxyl groups is 1. The van der Waals surface area contributed by atoms with Crippen LogP contribution in [0.2, 0.25) is 0 Å². The number of hydrogen-bond acceptors (Lipinski definition) is 15. The normalized spacial score (nSPS) is 14.4. The molecule has 0 rings (SSSR count). The number of aliphatic hydroxyl groups excluding tert-OH is 1. The van der Waals surface area contributed by atoms with Gasteiger partial charge in [0.2, 0.25) is 0 Å². The van der Waals surface area contributed by atoms with Crippen LogP contribution in [0.3, 0.4) is 0 Å². The van der Waals surface area contributed by atoms with Gasteiger partial charge in [0, 0.05) is 25.7 Å². The van der Waals surface area contributed by atoms with Gasteiger partial charge in [-0.3, -0.25) is 37.3 Å². The van der Waals surface area contributed by atoms with Crippen molar-refractivity contribution < 1.29 is 80.2 Å². The topological polar surface area (TPSA) is 237 Å². The summed E-state index contributed by atoms with van der Waals surface area (Å²) in [7, 11) is -9.93. The van der Waals surface area contributed by atoms with Crippen molar-refractivity contribution in [2.75, 3.05) is 39.6 Å². The van der Waals surface area contributed by atoms with Crippen molar-refractivity contribution in [3.8, 4) is 0 Å². The zero-order valence-corrected chi connectivity index (χ0v) is 71.0. The molecule has 624 valence electrons. The summed E-state index contributed by atoms with van der Waals surface area (Å²) in [5.41, 5.74) is 0. The maximum absolute atomic E-state index is 13.1. The number of hydrogen-bond donors (Lipinski definition) is 3. The van der Waals surface area contributed by atoms with Crippen LogP contribution in [-0.4, -0.2) is 96.7 Å². The van der Waals surface area contributed by atoms with Gasteiger partial charge in [0.15, 0.2) is 12.2 Å². The molecule has 0 aliphatic rings. The van der Waals surface area contributed by atoms with E-state index < -0.39 is 97.5 Å². The van der Waals surface area contributed by atoms with Crippen LogP contribution in [-0.2, 0) is 65.4 Å². The van der Waals surface area contributed by atoms with Crippen molar-refractivity contribution >= 4 is 39.5 Å². The summed E-state index contributed by atoms with van der Waals surface area (Å²) in [6, 6.07) is 0.